The van der Waals surface area contributed by atoms with Crippen molar-refractivity contribution in [3.8, 4) is 0 Å². The van der Waals surface area contributed by atoms with Crippen molar-refractivity contribution >= 4 is 5.97 Å². The van der Waals surface area contributed by atoms with E-state index in [9.17, 15) is 9.18 Å². The van der Waals surface area contributed by atoms with Crippen LogP contribution in [0.3, 0.4) is 0 Å². The van der Waals surface area contributed by atoms with Crippen LogP contribution in [0.25, 0.3) is 0 Å². The molecule has 3 nitrogen and oxygen atoms in total. The third-order valence-corrected chi connectivity index (χ3v) is 2.76. The van der Waals surface area contributed by atoms with Crippen molar-refractivity contribution in [2.75, 3.05) is 0 Å². The van der Waals surface area contributed by atoms with Gasteiger partial charge in [-0.25, -0.2) is 4.39 Å². The Balaban J connectivity index is 2.87. The predicted octanol–water partition coefficient (Wildman–Crippen LogP) is 2.81. The zero-order chi connectivity index (χ0) is 13.0. The number of carbonyl (C=O) groups is 1. The Morgan fingerprint density at radius 1 is 1.47 bits per heavy atom. The normalized spacial score (nSPS) is 12.8. The summed E-state index contributed by atoms with van der Waals surface area (Å²) < 4.78 is 13.6. The molecule has 0 spiro atoms. The first kappa shape index (κ1) is 13.6. The number of rotatable bonds is 5. The SMILES string of the molecule is CC(C)c1ccc(F)c(C(N)CCC(=O)O)c1. The maximum atomic E-state index is 13.6. The Bertz CT molecular complexity index is 404. The van der Waals surface area contributed by atoms with Crippen LogP contribution in [0, 0.1) is 5.82 Å². The van der Waals surface area contributed by atoms with Gasteiger partial charge in [-0.1, -0.05) is 26.0 Å². The average Bonchev–Trinajstić information content (AvgIpc) is 2.26. The van der Waals surface area contributed by atoms with Crippen LogP contribution in [0.4, 0.5) is 4.39 Å². The molecule has 0 aromatic heterocycles. The maximum absolute atomic E-state index is 13.6. The Kier molecular flexibility index (Phi) is 4.63. The molecule has 3 N–H and O–H groups in total. The van der Waals surface area contributed by atoms with Gasteiger partial charge in [-0.15, -0.1) is 0 Å². The number of halogens is 1. The van der Waals surface area contributed by atoms with Crippen LogP contribution in [0.15, 0.2) is 18.2 Å². The largest absolute Gasteiger partial charge is 0.481 e. The molecular formula is C13H18FNO2. The first-order valence-corrected chi connectivity index (χ1v) is 5.68. The van der Waals surface area contributed by atoms with Gasteiger partial charge >= 0.3 is 5.97 Å². The molecule has 1 aromatic carbocycles. The Morgan fingerprint density at radius 2 is 2.12 bits per heavy atom. The minimum absolute atomic E-state index is 0.0491. The molecule has 1 atom stereocenters. The van der Waals surface area contributed by atoms with Crippen molar-refractivity contribution in [1.29, 1.82) is 0 Å². The summed E-state index contributed by atoms with van der Waals surface area (Å²) in [7, 11) is 0. The summed E-state index contributed by atoms with van der Waals surface area (Å²) in [5.74, 6) is -0.991. The second-order valence-electron chi connectivity index (χ2n) is 4.47. The van der Waals surface area contributed by atoms with Gasteiger partial charge in [-0.05, 0) is 24.0 Å². The second kappa shape index (κ2) is 5.77. The van der Waals surface area contributed by atoms with Crippen LogP contribution in [0.5, 0.6) is 0 Å². The lowest BCUT2D eigenvalue weighted by Gasteiger charge is -2.14. The van der Waals surface area contributed by atoms with Crippen LogP contribution in [0.1, 0.15) is 49.8 Å². The summed E-state index contributed by atoms with van der Waals surface area (Å²) in [5.41, 5.74) is 7.22. The Labute approximate surface area is 100 Å². The molecule has 0 bridgehead atoms. The number of carboxylic acid groups (broad SMARTS) is 1. The van der Waals surface area contributed by atoms with Crippen LogP contribution in [-0.2, 0) is 4.79 Å². The summed E-state index contributed by atoms with van der Waals surface area (Å²) >= 11 is 0. The minimum atomic E-state index is -0.916. The molecule has 4 heteroatoms. The van der Waals surface area contributed by atoms with E-state index in [1.54, 1.807) is 12.1 Å². The lowest BCUT2D eigenvalue weighted by atomic mass is 9.95. The number of aliphatic carboxylic acids is 1. The van der Waals surface area contributed by atoms with Crippen molar-refractivity contribution < 1.29 is 14.3 Å². The van der Waals surface area contributed by atoms with Crippen molar-refractivity contribution in [3.05, 3.63) is 35.1 Å². The third kappa shape index (κ3) is 3.82. The zero-order valence-electron chi connectivity index (χ0n) is 10.1. The molecule has 94 valence electrons. The average molecular weight is 239 g/mol. The van der Waals surface area contributed by atoms with Gasteiger partial charge < -0.3 is 10.8 Å². The van der Waals surface area contributed by atoms with Crippen molar-refractivity contribution in [1.82, 2.24) is 0 Å². The summed E-state index contributed by atoms with van der Waals surface area (Å²) in [6.45, 7) is 4.03. The van der Waals surface area contributed by atoms with Crippen LogP contribution in [-0.4, -0.2) is 11.1 Å². The number of hydrogen-bond acceptors (Lipinski definition) is 2. The van der Waals surface area contributed by atoms with Gasteiger partial charge in [0.2, 0.25) is 0 Å². The van der Waals surface area contributed by atoms with Gasteiger partial charge in [0.1, 0.15) is 5.82 Å². The highest BCUT2D eigenvalue weighted by Crippen LogP contribution is 2.24. The monoisotopic (exact) mass is 239 g/mol. The highest BCUT2D eigenvalue weighted by Gasteiger charge is 2.14. The van der Waals surface area contributed by atoms with E-state index in [1.807, 2.05) is 13.8 Å². The van der Waals surface area contributed by atoms with E-state index < -0.39 is 12.0 Å². The van der Waals surface area contributed by atoms with E-state index >= 15 is 0 Å². The van der Waals surface area contributed by atoms with Crippen LogP contribution >= 0.6 is 0 Å². The summed E-state index contributed by atoms with van der Waals surface area (Å²) in [5, 5.41) is 8.57. The van der Waals surface area contributed by atoms with E-state index in [0.717, 1.165) is 5.56 Å². The number of nitrogens with two attached hydrogens (primary N) is 1. The van der Waals surface area contributed by atoms with Gasteiger partial charge in [0, 0.05) is 18.0 Å². The van der Waals surface area contributed by atoms with E-state index in [2.05, 4.69) is 0 Å². The predicted molar refractivity (Wildman–Crippen MR) is 64.3 cm³/mol. The van der Waals surface area contributed by atoms with E-state index in [1.165, 1.54) is 6.07 Å². The molecule has 0 saturated heterocycles. The number of carboxylic acids is 1. The molecule has 1 rings (SSSR count). The van der Waals surface area contributed by atoms with Gasteiger partial charge in [0.25, 0.3) is 0 Å². The highest BCUT2D eigenvalue weighted by atomic mass is 19.1. The maximum Gasteiger partial charge on any atom is 0.303 e. The summed E-state index contributed by atoms with van der Waals surface area (Å²) in [6, 6.07) is 4.29. The van der Waals surface area contributed by atoms with Crippen molar-refractivity contribution in [3.63, 3.8) is 0 Å². The van der Waals surface area contributed by atoms with Gasteiger partial charge in [0.05, 0.1) is 0 Å². The van der Waals surface area contributed by atoms with Crippen molar-refractivity contribution in [2.45, 2.75) is 38.6 Å². The first-order valence-electron chi connectivity index (χ1n) is 5.68. The van der Waals surface area contributed by atoms with Crippen LogP contribution < -0.4 is 5.73 Å². The molecule has 17 heavy (non-hydrogen) atoms. The second-order valence-corrected chi connectivity index (χ2v) is 4.47. The van der Waals surface area contributed by atoms with E-state index in [0.29, 0.717) is 11.5 Å². The minimum Gasteiger partial charge on any atom is -0.481 e. The number of benzene rings is 1. The van der Waals surface area contributed by atoms with E-state index in [-0.39, 0.29) is 18.7 Å². The summed E-state index contributed by atoms with van der Waals surface area (Å²) in [6.07, 6.45) is 0.195. The van der Waals surface area contributed by atoms with Gasteiger partial charge in [-0.2, -0.15) is 0 Å². The fourth-order valence-electron chi connectivity index (χ4n) is 1.64. The molecule has 0 aliphatic carbocycles. The van der Waals surface area contributed by atoms with E-state index in [4.69, 9.17) is 10.8 Å². The molecule has 0 aliphatic heterocycles. The molecule has 0 saturated carbocycles. The lowest BCUT2D eigenvalue weighted by molar-refractivity contribution is -0.137. The smallest absolute Gasteiger partial charge is 0.303 e. The highest BCUT2D eigenvalue weighted by molar-refractivity contribution is 5.66. The molecule has 1 aromatic rings. The van der Waals surface area contributed by atoms with Crippen molar-refractivity contribution in [2.24, 2.45) is 5.73 Å². The standard InChI is InChI=1S/C13H18FNO2/c1-8(2)9-3-4-11(14)10(7-9)12(15)5-6-13(16)17/h3-4,7-8,12H,5-6,15H2,1-2H3,(H,16,17). The topological polar surface area (TPSA) is 63.3 Å². The molecule has 0 fully saturated rings. The lowest BCUT2D eigenvalue weighted by Crippen LogP contribution is -2.14. The Morgan fingerprint density at radius 3 is 2.65 bits per heavy atom. The molecule has 0 amide bonds. The Hall–Kier alpha value is -1.42. The molecule has 0 heterocycles. The van der Waals surface area contributed by atoms with Gasteiger partial charge in [0.15, 0.2) is 0 Å². The first-order chi connectivity index (χ1) is 7.91. The number of hydrogen-bond donors (Lipinski definition) is 2. The quantitative estimate of drug-likeness (QED) is 0.830. The van der Waals surface area contributed by atoms with Gasteiger partial charge in [-0.3, -0.25) is 4.79 Å². The fourth-order valence-corrected chi connectivity index (χ4v) is 1.64. The molecular weight excluding hydrogens is 221 g/mol. The molecule has 0 radical (unpaired) electrons. The molecule has 1 unspecified atom stereocenters. The molecule has 0 aliphatic rings. The fraction of sp³-hybridized carbons (Fsp3) is 0.462. The third-order valence-electron chi connectivity index (χ3n) is 2.76. The zero-order valence-corrected chi connectivity index (χ0v) is 10.1. The van der Waals surface area contributed by atoms with Crippen LogP contribution in [0.2, 0.25) is 0 Å². The summed E-state index contributed by atoms with van der Waals surface area (Å²) in [4.78, 5) is 10.4.